The number of rotatable bonds is 9. The second-order valence-electron chi connectivity index (χ2n) is 5.37. The van der Waals surface area contributed by atoms with Crippen molar-refractivity contribution in [2.45, 2.75) is 33.2 Å². The Hall–Kier alpha value is -1.92. The molecule has 128 valence electrons. The Morgan fingerprint density at radius 2 is 1.91 bits per heavy atom. The summed E-state index contributed by atoms with van der Waals surface area (Å²) >= 11 is 0. The Balaban J connectivity index is 2.58. The monoisotopic (exact) mass is 320 g/mol. The van der Waals surface area contributed by atoms with Crippen LogP contribution in [0.4, 0.5) is 5.69 Å². The molecule has 1 atom stereocenters. The van der Waals surface area contributed by atoms with Crippen molar-refractivity contribution in [1.29, 1.82) is 0 Å². The molecule has 0 heterocycles. The zero-order valence-electron chi connectivity index (χ0n) is 14.3. The Morgan fingerprint density at radius 3 is 2.52 bits per heavy atom. The average Bonchev–Trinajstić information content (AvgIpc) is 2.58. The lowest BCUT2D eigenvalue weighted by molar-refractivity contribution is -0.117. The smallest absolute Gasteiger partial charge is 0.251 e. The summed E-state index contributed by atoms with van der Waals surface area (Å²) in [5.41, 5.74) is 6.79. The average molecular weight is 320 g/mol. The molecule has 6 nitrogen and oxygen atoms in total. The summed E-state index contributed by atoms with van der Waals surface area (Å²) in [6.07, 6.45) is 0.567. The number of carbonyl (C=O) groups is 2. The molecule has 1 aromatic rings. The number of carbonyl (C=O) groups excluding carboxylic acids is 2. The van der Waals surface area contributed by atoms with Gasteiger partial charge in [0.05, 0.1) is 6.04 Å². The van der Waals surface area contributed by atoms with Crippen LogP contribution in [0.5, 0.6) is 0 Å². The summed E-state index contributed by atoms with van der Waals surface area (Å²) in [7, 11) is 0. The Kier molecular flexibility index (Phi) is 8.29. The summed E-state index contributed by atoms with van der Waals surface area (Å²) in [6, 6.07) is 6.33. The van der Waals surface area contributed by atoms with Gasteiger partial charge in [-0.1, -0.05) is 26.8 Å². The SMILES string of the molecule is CC[C@H](N)C(=O)Nc1cccc(C(=O)NCCN(CC)CC)c1. The van der Waals surface area contributed by atoms with Gasteiger partial charge in [0.25, 0.3) is 5.91 Å². The minimum absolute atomic E-state index is 0.145. The third kappa shape index (κ3) is 6.38. The van der Waals surface area contributed by atoms with E-state index in [9.17, 15) is 9.59 Å². The van der Waals surface area contributed by atoms with Crippen molar-refractivity contribution in [3.05, 3.63) is 29.8 Å². The van der Waals surface area contributed by atoms with Crippen LogP contribution in [-0.4, -0.2) is 48.9 Å². The van der Waals surface area contributed by atoms with Gasteiger partial charge in [0.1, 0.15) is 0 Å². The van der Waals surface area contributed by atoms with Crippen LogP contribution in [0.3, 0.4) is 0 Å². The van der Waals surface area contributed by atoms with Gasteiger partial charge < -0.3 is 21.3 Å². The summed E-state index contributed by atoms with van der Waals surface area (Å²) in [4.78, 5) is 26.2. The standard InChI is InChI=1S/C17H28N4O2/c1-4-15(18)17(23)20-14-9-7-8-13(12-14)16(22)19-10-11-21(5-2)6-3/h7-9,12,15H,4-6,10-11,18H2,1-3H3,(H,19,22)(H,20,23)/t15-/m0/s1. The van der Waals surface area contributed by atoms with Crippen molar-refractivity contribution in [1.82, 2.24) is 10.2 Å². The van der Waals surface area contributed by atoms with E-state index < -0.39 is 6.04 Å². The maximum Gasteiger partial charge on any atom is 0.251 e. The third-order valence-electron chi connectivity index (χ3n) is 3.78. The first-order valence-electron chi connectivity index (χ1n) is 8.18. The van der Waals surface area contributed by atoms with E-state index in [1.807, 2.05) is 6.92 Å². The normalized spacial score (nSPS) is 12.0. The minimum Gasteiger partial charge on any atom is -0.351 e. The fourth-order valence-electron chi connectivity index (χ4n) is 2.13. The van der Waals surface area contributed by atoms with Crippen LogP contribution >= 0.6 is 0 Å². The van der Waals surface area contributed by atoms with Crippen LogP contribution in [0.15, 0.2) is 24.3 Å². The molecular weight excluding hydrogens is 292 g/mol. The van der Waals surface area contributed by atoms with Gasteiger partial charge in [0, 0.05) is 24.3 Å². The molecule has 0 aromatic heterocycles. The number of hydrogen-bond acceptors (Lipinski definition) is 4. The number of amides is 2. The van der Waals surface area contributed by atoms with Gasteiger partial charge in [-0.25, -0.2) is 0 Å². The zero-order chi connectivity index (χ0) is 17.2. The largest absolute Gasteiger partial charge is 0.351 e. The summed E-state index contributed by atoms with van der Waals surface area (Å²) < 4.78 is 0. The van der Waals surface area contributed by atoms with E-state index in [2.05, 4.69) is 29.4 Å². The molecule has 0 aliphatic rings. The van der Waals surface area contributed by atoms with Crippen molar-refractivity contribution in [3.63, 3.8) is 0 Å². The first kappa shape index (κ1) is 19.1. The number of likely N-dealkylation sites (N-methyl/N-ethyl adjacent to an activating group) is 1. The van der Waals surface area contributed by atoms with Crippen molar-refractivity contribution >= 4 is 17.5 Å². The van der Waals surface area contributed by atoms with Crippen molar-refractivity contribution < 1.29 is 9.59 Å². The van der Waals surface area contributed by atoms with Crippen LogP contribution in [0.1, 0.15) is 37.6 Å². The predicted octanol–water partition coefficient (Wildman–Crippen LogP) is 1.43. The van der Waals surface area contributed by atoms with Crippen LogP contribution < -0.4 is 16.4 Å². The molecule has 0 bridgehead atoms. The van der Waals surface area contributed by atoms with Crippen molar-refractivity contribution in [2.24, 2.45) is 5.73 Å². The van der Waals surface area contributed by atoms with Gasteiger partial charge >= 0.3 is 0 Å². The van der Waals surface area contributed by atoms with Crippen LogP contribution in [0, 0.1) is 0 Å². The zero-order valence-corrected chi connectivity index (χ0v) is 14.3. The van der Waals surface area contributed by atoms with Gasteiger partial charge in [-0.05, 0) is 37.7 Å². The molecule has 6 heteroatoms. The molecule has 2 amide bonds. The van der Waals surface area contributed by atoms with Crippen molar-refractivity contribution in [3.8, 4) is 0 Å². The predicted molar refractivity (Wildman–Crippen MR) is 93.5 cm³/mol. The second-order valence-corrected chi connectivity index (χ2v) is 5.37. The highest BCUT2D eigenvalue weighted by molar-refractivity contribution is 5.98. The first-order chi connectivity index (χ1) is 11.0. The minimum atomic E-state index is -0.540. The van der Waals surface area contributed by atoms with E-state index >= 15 is 0 Å². The number of nitrogens with zero attached hydrogens (tertiary/aromatic N) is 1. The summed E-state index contributed by atoms with van der Waals surface area (Å²) in [5, 5.41) is 5.62. The van der Waals surface area contributed by atoms with Crippen LogP contribution in [-0.2, 0) is 4.79 Å². The molecule has 0 unspecified atom stereocenters. The molecule has 0 fully saturated rings. The molecule has 23 heavy (non-hydrogen) atoms. The number of hydrogen-bond donors (Lipinski definition) is 3. The van der Waals surface area contributed by atoms with E-state index in [0.717, 1.165) is 19.6 Å². The lowest BCUT2D eigenvalue weighted by Gasteiger charge is -2.18. The van der Waals surface area contributed by atoms with Gasteiger partial charge in [-0.3, -0.25) is 9.59 Å². The van der Waals surface area contributed by atoms with E-state index in [4.69, 9.17) is 5.73 Å². The summed E-state index contributed by atoms with van der Waals surface area (Å²) in [5.74, 6) is -0.389. The molecule has 0 saturated carbocycles. The molecule has 0 saturated heterocycles. The van der Waals surface area contributed by atoms with Crippen LogP contribution in [0.25, 0.3) is 0 Å². The molecule has 0 aliphatic heterocycles. The number of anilines is 1. The van der Waals surface area contributed by atoms with Gasteiger partial charge in [-0.15, -0.1) is 0 Å². The van der Waals surface area contributed by atoms with E-state index in [-0.39, 0.29) is 11.8 Å². The Labute approximate surface area is 138 Å². The lowest BCUT2D eigenvalue weighted by Crippen LogP contribution is -2.35. The molecule has 1 aromatic carbocycles. The topological polar surface area (TPSA) is 87.5 Å². The highest BCUT2D eigenvalue weighted by Gasteiger charge is 2.12. The molecular formula is C17H28N4O2. The maximum absolute atomic E-state index is 12.2. The Morgan fingerprint density at radius 1 is 1.22 bits per heavy atom. The lowest BCUT2D eigenvalue weighted by atomic mass is 10.1. The molecule has 0 radical (unpaired) electrons. The Bertz CT molecular complexity index is 515. The van der Waals surface area contributed by atoms with E-state index in [0.29, 0.717) is 24.2 Å². The van der Waals surface area contributed by atoms with Crippen LogP contribution in [0.2, 0.25) is 0 Å². The first-order valence-corrected chi connectivity index (χ1v) is 8.18. The fourth-order valence-corrected chi connectivity index (χ4v) is 2.13. The highest BCUT2D eigenvalue weighted by atomic mass is 16.2. The number of nitrogens with one attached hydrogen (secondary N) is 2. The van der Waals surface area contributed by atoms with Crippen molar-refractivity contribution in [2.75, 3.05) is 31.5 Å². The third-order valence-corrected chi connectivity index (χ3v) is 3.78. The van der Waals surface area contributed by atoms with Gasteiger partial charge in [0.2, 0.25) is 5.91 Å². The molecule has 0 aliphatic carbocycles. The quantitative estimate of drug-likeness (QED) is 0.642. The summed E-state index contributed by atoms with van der Waals surface area (Å²) in [6.45, 7) is 9.39. The number of nitrogens with two attached hydrogens (primary N) is 1. The van der Waals surface area contributed by atoms with E-state index in [1.54, 1.807) is 24.3 Å². The van der Waals surface area contributed by atoms with E-state index in [1.165, 1.54) is 0 Å². The second kappa shape index (κ2) is 9.97. The molecule has 1 rings (SSSR count). The van der Waals surface area contributed by atoms with Gasteiger partial charge in [0.15, 0.2) is 0 Å². The maximum atomic E-state index is 12.2. The molecule has 4 N–H and O–H groups in total. The van der Waals surface area contributed by atoms with Gasteiger partial charge in [-0.2, -0.15) is 0 Å². The number of benzene rings is 1. The molecule has 0 spiro atoms. The highest BCUT2D eigenvalue weighted by Crippen LogP contribution is 2.11. The fraction of sp³-hybridized carbons (Fsp3) is 0.529.